The fourth-order valence-corrected chi connectivity index (χ4v) is 1.24. The fraction of sp³-hybridized carbons (Fsp3) is 0.500. The van der Waals surface area contributed by atoms with Crippen LogP contribution in [0.5, 0.6) is 5.75 Å². The highest BCUT2D eigenvalue weighted by atomic mass is 19.4. The average molecular weight is 234 g/mol. The zero-order chi connectivity index (χ0) is 12.2. The normalized spacial score (nSPS) is 13.6. The molecule has 3 nitrogen and oxygen atoms in total. The number of hydrogen-bond acceptors (Lipinski definition) is 3. The summed E-state index contributed by atoms with van der Waals surface area (Å²) in [6.45, 7) is 0. The molecule has 1 aromatic rings. The maximum atomic E-state index is 12.0. The molecule has 16 heavy (non-hydrogen) atoms. The van der Waals surface area contributed by atoms with E-state index in [1.54, 1.807) is 6.07 Å². The van der Waals surface area contributed by atoms with Gasteiger partial charge < -0.3 is 10.5 Å². The third-order valence-electron chi connectivity index (χ3n) is 2.14. The summed E-state index contributed by atoms with van der Waals surface area (Å²) in [5, 5.41) is 0. The first-order valence-electron chi connectivity index (χ1n) is 4.73. The molecule has 1 aromatic heterocycles. The Bertz CT molecular complexity index is 341. The van der Waals surface area contributed by atoms with Gasteiger partial charge in [0.15, 0.2) is 0 Å². The summed E-state index contributed by atoms with van der Waals surface area (Å²) in [6, 6.07) is 0.915. The van der Waals surface area contributed by atoms with E-state index in [9.17, 15) is 13.2 Å². The van der Waals surface area contributed by atoms with Crippen molar-refractivity contribution in [2.75, 3.05) is 7.11 Å². The van der Waals surface area contributed by atoms with Gasteiger partial charge in [-0.1, -0.05) is 0 Å². The van der Waals surface area contributed by atoms with Gasteiger partial charge >= 0.3 is 6.18 Å². The van der Waals surface area contributed by atoms with Crippen LogP contribution < -0.4 is 10.5 Å². The largest absolute Gasteiger partial charge is 0.495 e. The lowest BCUT2D eigenvalue weighted by Gasteiger charge is -2.13. The molecule has 90 valence electrons. The Morgan fingerprint density at radius 1 is 1.44 bits per heavy atom. The van der Waals surface area contributed by atoms with E-state index >= 15 is 0 Å². The fourth-order valence-electron chi connectivity index (χ4n) is 1.24. The van der Waals surface area contributed by atoms with Crippen LogP contribution >= 0.6 is 0 Å². The molecule has 0 radical (unpaired) electrons. The molecule has 1 atom stereocenters. The molecular weight excluding hydrogens is 221 g/mol. The molecule has 0 saturated carbocycles. The minimum atomic E-state index is -4.18. The van der Waals surface area contributed by atoms with Crippen LogP contribution in [0.4, 0.5) is 13.2 Å². The number of hydrogen-bond donors (Lipinski definition) is 1. The number of ether oxygens (including phenoxy) is 1. The first-order valence-corrected chi connectivity index (χ1v) is 4.73. The summed E-state index contributed by atoms with van der Waals surface area (Å²) >= 11 is 0. The Kier molecular flexibility index (Phi) is 4.12. The topological polar surface area (TPSA) is 48.1 Å². The van der Waals surface area contributed by atoms with Crippen molar-refractivity contribution in [1.82, 2.24) is 4.98 Å². The number of nitrogens with two attached hydrogens (primary N) is 1. The van der Waals surface area contributed by atoms with Gasteiger partial charge in [0.25, 0.3) is 0 Å². The van der Waals surface area contributed by atoms with Gasteiger partial charge in [0, 0.05) is 18.7 Å². The van der Waals surface area contributed by atoms with Gasteiger partial charge in [-0.15, -0.1) is 0 Å². The summed E-state index contributed by atoms with van der Waals surface area (Å²) in [6.07, 6.45) is -2.31. The Morgan fingerprint density at radius 2 is 2.12 bits per heavy atom. The van der Waals surface area contributed by atoms with Crippen molar-refractivity contribution < 1.29 is 17.9 Å². The Morgan fingerprint density at radius 3 is 2.69 bits per heavy atom. The molecule has 6 heteroatoms. The van der Waals surface area contributed by atoms with Gasteiger partial charge in [-0.3, -0.25) is 4.98 Å². The summed E-state index contributed by atoms with van der Waals surface area (Å²) in [5.74, 6) is 0.486. The van der Waals surface area contributed by atoms with E-state index in [-0.39, 0.29) is 6.42 Å². The highest BCUT2D eigenvalue weighted by Crippen LogP contribution is 2.27. The molecule has 1 unspecified atom stereocenters. The highest BCUT2D eigenvalue weighted by molar-refractivity contribution is 5.25. The lowest BCUT2D eigenvalue weighted by Crippen LogP contribution is -2.16. The third-order valence-corrected chi connectivity index (χ3v) is 2.14. The van der Waals surface area contributed by atoms with Crippen LogP contribution in [0.1, 0.15) is 24.4 Å². The summed E-state index contributed by atoms with van der Waals surface area (Å²) in [7, 11) is 1.46. The van der Waals surface area contributed by atoms with E-state index in [0.717, 1.165) is 0 Å². The van der Waals surface area contributed by atoms with Crippen LogP contribution in [0.2, 0.25) is 0 Å². The predicted molar refractivity (Wildman–Crippen MR) is 53.0 cm³/mol. The number of halogens is 3. The lowest BCUT2D eigenvalue weighted by atomic mass is 10.0. The van der Waals surface area contributed by atoms with Gasteiger partial charge in [-0.2, -0.15) is 13.2 Å². The van der Waals surface area contributed by atoms with E-state index in [0.29, 0.717) is 11.3 Å². The zero-order valence-electron chi connectivity index (χ0n) is 8.79. The molecule has 0 bridgehead atoms. The zero-order valence-corrected chi connectivity index (χ0v) is 8.79. The Labute approximate surface area is 91.4 Å². The van der Waals surface area contributed by atoms with Crippen molar-refractivity contribution in [1.29, 1.82) is 0 Å². The van der Waals surface area contributed by atoms with Crippen molar-refractivity contribution in [3.05, 3.63) is 24.0 Å². The number of nitrogens with zero attached hydrogens (tertiary/aromatic N) is 1. The van der Waals surface area contributed by atoms with Gasteiger partial charge in [-0.05, 0) is 18.1 Å². The number of rotatable bonds is 4. The number of methoxy groups -OCH3 is 1. The third kappa shape index (κ3) is 4.06. The van der Waals surface area contributed by atoms with E-state index in [2.05, 4.69) is 4.98 Å². The Balaban J connectivity index is 2.62. The molecular formula is C10H13F3N2O. The van der Waals surface area contributed by atoms with E-state index in [1.807, 2.05) is 0 Å². The summed E-state index contributed by atoms with van der Waals surface area (Å²) < 4.78 is 40.9. The second kappa shape index (κ2) is 5.16. The van der Waals surface area contributed by atoms with Crippen molar-refractivity contribution in [2.24, 2.45) is 5.73 Å². The van der Waals surface area contributed by atoms with Crippen molar-refractivity contribution in [2.45, 2.75) is 25.1 Å². The Hall–Kier alpha value is -1.30. The molecule has 0 saturated heterocycles. The predicted octanol–water partition coefficient (Wildman–Crippen LogP) is 2.43. The summed E-state index contributed by atoms with van der Waals surface area (Å²) in [4.78, 5) is 3.83. The first-order chi connectivity index (χ1) is 7.42. The average Bonchev–Trinajstić information content (AvgIpc) is 2.25. The SMILES string of the molecule is COc1cncc(C(N)CCC(F)(F)F)c1. The number of aromatic nitrogens is 1. The maximum absolute atomic E-state index is 12.0. The molecule has 2 N–H and O–H groups in total. The molecule has 0 aliphatic carbocycles. The number of alkyl halides is 3. The van der Waals surface area contributed by atoms with Crippen molar-refractivity contribution in [3.8, 4) is 5.75 Å². The van der Waals surface area contributed by atoms with Crippen LogP contribution in [-0.4, -0.2) is 18.3 Å². The quantitative estimate of drug-likeness (QED) is 0.870. The van der Waals surface area contributed by atoms with Crippen molar-refractivity contribution >= 4 is 0 Å². The van der Waals surface area contributed by atoms with Gasteiger partial charge in [0.1, 0.15) is 5.75 Å². The molecule has 0 fully saturated rings. The number of pyridine rings is 1. The second-order valence-corrected chi connectivity index (χ2v) is 3.42. The van der Waals surface area contributed by atoms with Crippen LogP contribution in [0.15, 0.2) is 18.5 Å². The van der Waals surface area contributed by atoms with E-state index in [1.165, 1.54) is 19.5 Å². The molecule has 1 heterocycles. The van der Waals surface area contributed by atoms with Gasteiger partial charge in [0.05, 0.1) is 13.3 Å². The van der Waals surface area contributed by atoms with Crippen LogP contribution in [0.3, 0.4) is 0 Å². The molecule has 1 rings (SSSR count). The van der Waals surface area contributed by atoms with Crippen LogP contribution in [0, 0.1) is 0 Å². The molecule has 0 aromatic carbocycles. The van der Waals surface area contributed by atoms with Crippen molar-refractivity contribution in [3.63, 3.8) is 0 Å². The highest BCUT2D eigenvalue weighted by Gasteiger charge is 2.27. The first kappa shape index (κ1) is 12.8. The van der Waals surface area contributed by atoms with Crippen LogP contribution in [-0.2, 0) is 0 Å². The van der Waals surface area contributed by atoms with E-state index < -0.39 is 18.6 Å². The minimum Gasteiger partial charge on any atom is -0.495 e. The smallest absolute Gasteiger partial charge is 0.389 e. The molecule has 0 amide bonds. The summed E-state index contributed by atoms with van der Waals surface area (Å²) in [5.41, 5.74) is 6.18. The monoisotopic (exact) mass is 234 g/mol. The molecule has 0 spiro atoms. The van der Waals surface area contributed by atoms with Gasteiger partial charge in [0.2, 0.25) is 0 Å². The maximum Gasteiger partial charge on any atom is 0.389 e. The van der Waals surface area contributed by atoms with Crippen LogP contribution in [0.25, 0.3) is 0 Å². The van der Waals surface area contributed by atoms with Gasteiger partial charge in [-0.25, -0.2) is 0 Å². The second-order valence-electron chi connectivity index (χ2n) is 3.42. The molecule has 0 aliphatic rings. The standard InChI is InChI=1S/C10H13F3N2O/c1-16-8-4-7(5-15-6-8)9(14)2-3-10(11,12)13/h4-6,9H,2-3,14H2,1H3. The minimum absolute atomic E-state index is 0.154. The van der Waals surface area contributed by atoms with E-state index in [4.69, 9.17) is 10.5 Å². The lowest BCUT2D eigenvalue weighted by molar-refractivity contribution is -0.136. The molecule has 0 aliphatic heterocycles.